The molecule has 3 aromatic carbocycles. The second kappa shape index (κ2) is 15.6. The van der Waals surface area contributed by atoms with Gasteiger partial charge in [-0.25, -0.2) is 0 Å². The molecule has 2 aliphatic rings. The maximum atomic E-state index is 13.4. The first-order valence-electron chi connectivity index (χ1n) is 15.2. The molecular formula is C35H46N2O5. The summed E-state index contributed by atoms with van der Waals surface area (Å²) in [5.41, 5.74) is 5.50. The Hall–Kier alpha value is -3.55. The van der Waals surface area contributed by atoms with E-state index >= 15 is 0 Å². The summed E-state index contributed by atoms with van der Waals surface area (Å²) in [6.45, 7) is 11.6. The largest absolute Gasteiger partial charge is 0.491 e. The number of ether oxygens (including phenoxy) is 4. The maximum absolute atomic E-state index is 13.4. The summed E-state index contributed by atoms with van der Waals surface area (Å²) in [5, 5.41) is 3.17. The summed E-state index contributed by atoms with van der Waals surface area (Å²) >= 11 is 0. The van der Waals surface area contributed by atoms with Crippen LogP contribution < -0.4 is 19.5 Å². The van der Waals surface area contributed by atoms with Gasteiger partial charge in [-0.3, -0.25) is 9.69 Å². The van der Waals surface area contributed by atoms with Crippen LogP contribution in [0.2, 0.25) is 0 Å². The van der Waals surface area contributed by atoms with Crippen molar-refractivity contribution in [2.75, 3.05) is 51.9 Å². The lowest BCUT2D eigenvalue weighted by molar-refractivity contribution is -0.117. The van der Waals surface area contributed by atoms with Crippen molar-refractivity contribution >= 4 is 11.6 Å². The van der Waals surface area contributed by atoms with Crippen molar-refractivity contribution in [3.8, 4) is 17.2 Å². The molecule has 1 unspecified atom stereocenters. The smallest absolute Gasteiger partial charge is 0.238 e. The predicted molar refractivity (Wildman–Crippen MR) is 168 cm³/mol. The van der Waals surface area contributed by atoms with E-state index in [-0.39, 0.29) is 24.4 Å². The van der Waals surface area contributed by atoms with Gasteiger partial charge in [-0.1, -0.05) is 69.2 Å². The number of nitrogens with one attached hydrogen (secondary N) is 1. The molecule has 0 bridgehead atoms. The zero-order chi connectivity index (χ0) is 29.9. The molecule has 0 radical (unpaired) electrons. The number of hydrogen-bond acceptors (Lipinski definition) is 6. The third-order valence-electron chi connectivity index (χ3n) is 7.53. The van der Waals surface area contributed by atoms with Crippen LogP contribution >= 0.6 is 0 Å². The summed E-state index contributed by atoms with van der Waals surface area (Å²) in [6, 6.07) is 20.6. The number of hydrogen-bond donors (Lipinski definition) is 1. The normalized spacial score (nSPS) is 17.7. The van der Waals surface area contributed by atoms with Crippen LogP contribution in [-0.4, -0.2) is 57.4 Å². The number of para-hydroxylation sites is 1. The average molecular weight is 575 g/mol. The van der Waals surface area contributed by atoms with Gasteiger partial charge in [0.25, 0.3) is 0 Å². The van der Waals surface area contributed by atoms with E-state index in [1.807, 2.05) is 36.4 Å². The topological polar surface area (TPSA) is 69.3 Å². The van der Waals surface area contributed by atoms with Crippen molar-refractivity contribution in [1.82, 2.24) is 4.90 Å². The number of nitrogens with zero attached hydrogens (tertiary/aromatic N) is 1. The molecule has 1 fully saturated rings. The van der Waals surface area contributed by atoms with E-state index in [1.54, 1.807) is 7.11 Å². The van der Waals surface area contributed by atoms with Crippen LogP contribution in [0.15, 0.2) is 60.7 Å². The molecule has 2 heterocycles. The highest BCUT2D eigenvalue weighted by molar-refractivity contribution is 5.93. The molecule has 3 aromatic rings. The zero-order valence-corrected chi connectivity index (χ0v) is 25.8. The quantitative estimate of drug-likeness (QED) is 0.265. The monoisotopic (exact) mass is 574 g/mol. The van der Waals surface area contributed by atoms with Gasteiger partial charge in [0.2, 0.25) is 5.91 Å². The maximum Gasteiger partial charge on any atom is 0.238 e. The fraction of sp³-hybridized carbons (Fsp3) is 0.457. The first kappa shape index (κ1) is 31.4. The Kier molecular flexibility index (Phi) is 11.7. The van der Waals surface area contributed by atoms with Crippen LogP contribution in [-0.2, 0) is 16.0 Å². The van der Waals surface area contributed by atoms with Crippen molar-refractivity contribution in [3.05, 3.63) is 82.9 Å². The SMILES string of the molecule is CCC.CCc1cc(C)ccc1NC(=O)CN1CC(c2ccc3c(c2)OCCO3)C[C@@H]1c1ccccc1OCCOC. The van der Waals surface area contributed by atoms with Crippen LogP contribution in [0.1, 0.15) is 67.8 Å². The molecule has 1 saturated heterocycles. The molecule has 5 rings (SSSR count). The second-order valence-electron chi connectivity index (χ2n) is 10.9. The molecule has 1 amide bonds. The summed E-state index contributed by atoms with van der Waals surface area (Å²) in [6.07, 6.45) is 2.98. The summed E-state index contributed by atoms with van der Waals surface area (Å²) in [4.78, 5) is 15.7. The van der Waals surface area contributed by atoms with Crippen LogP contribution in [0, 0.1) is 6.92 Å². The molecule has 2 aliphatic heterocycles. The van der Waals surface area contributed by atoms with E-state index < -0.39 is 0 Å². The van der Waals surface area contributed by atoms with Gasteiger partial charge < -0.3 is 24.3 Å². The minimum Gasteiger partial charge on any atom is -0.491 e. The molecule has 2 atom stereocenters. The van der Waals surface area contributed by atoms with Gasteiger partial charge in [-0.2, -0.15) is 0 Å². The number of methoxy groups -OCH3 is 1. The highest BCUT2D eigenvalue weighted by Crippen LogP contribution is 2.45. The molecule has 1 N–H and O–H groups in total. The average Bonchev–Trinajstić information content (AvgIpc) is 3.41. The summed E-state index contributed by atoms with van der Waals surface area (Å²) in [5.74, 6) is 2.63. The van der Waals surface area contributed by atoms with Crippen LogP contribution in [0.25, 0.3) is 0 Å². The van der Waals surface area contributed by atoms with Gasteiger partial charge in [-0.15, -0.1) is 0 Å². The van der Waals surface area contributed by atoms with Crippen LogP contribution in [0.3, 0.4) is 0 Å². The number of anilines is 1. The molecule has 0 spiro atoms. The van der Waals surface area contributed by atoms with Gasteiger partial charge in [0.05, 0.1) is 13.2 Å². The minimum atomic E-state index is -0.0147. The lowest BCUT2D eigenvalue weighted by Gasteiger charge is -2.26. The Morgan fingerprint density at radius 3 is 2.50 bits per heavy atom. The Bertz CT molecular complexity index is 1310. The number of likely N-dealkylation sites (tertiary alicyclic amines) is 1. The third kappa shape index (κ3) is 8.05. The van der Waals surface area contributed by atoms with Gasteiger partial charge in [0.1, 0.15) is 25.6 Å². The van der Waals surface area contributed by atoms with E-state index in [1.165, 1.54) is 17.5 Å². The van der Waals surface area contributed by atoms with Gasteiger partial charge in [0, 0.05) is 30.9 Å². The molecule has 7 heteroatoms. The highest BCUT2D eigenvalue weighted by Gasteiger charge is 2.37. The van der Waals surface area contributed by atoms with E-state index in [0.29, 0.717) is 26.4 Å². The molecule has 42 heavy (non-hydrogen) atoms. The van der Waals surface area contributed by atoms with Crippen molar-refractivity contribution in [1.29, 1.82) is 0 Å². The number of aryl methyl sites for hydroxylation is 2. The van der Waals surface area contributed by atoms with E-state index in [9.17, 15) is 4.79 Å². The van der Waals surface area contributed by atoms with Crippen molar-refractivity contribution < 1.29 is 23.7 Å². The highest BCUT2D eigenvalue weighted by atomic mass is 16.6. The van der Waals surface area contributed by atoms with Crippen LogP contribution in [0.4, 0.5) is 5.69 Å². The van der Waals surface area contributed by atoms with Gasteiger partial charge >= 0.3 is 0 Å². The second-order valence-corrected chi connectivity index (χ2v) is 10.9. The molecule has 7 nitrogen and oxygen atoms in total. The van der Waals surface area contributed by atoms with Crippen molar-refractivity contribution in [3.63, 3.8) is 0 Å². The molecule has 226 valence electrons. The molecule has 0 aliphatic carbocycles. The summed E-state index contributed by atoms with van der Waals surface area (Å²) < 4.78 is 22.9. The minimum absolute atomic E-state index is 0.0147. The number of carbonyl (C=O) groups excluding carboxylic acids is 1. The number of rotatable bonds is 10. The van der Waals surface area contributed by atoms with Crippen LogP contribution in [0.5, 0.6) is 17.2 Å². The molecule has 0 aromatic heterocycles. The number of fused-ring (bicyclic) bond motifs is 1. The lowest BCUT2D eigenvalue weighted by atomic mass is 9.93. The zero-order valence-electron chi connectivity index (χ0n) is 25.8. The first-order chi connectivity index (χ1) is 20.5. The Labute approximate surface area is 251 Å². The predicted octanol–water partition coefficient (Wildman–Crippen LogP) is 6.94. The van der Waals surface area contributed by atoms with E-state index in [0.717, 1.165) is 53.4 Å². The number of amides is 1. The van der Waals surface area contributed by atoms with E-state index in [2.05, 4.69) is 62.2 Å². The van der Waals surface area contributed by atoms with Crippen molar-refractivity contribution in [2.45, 2.75) is 58.9 Å². The molecular weight excluding hydrogens is 528 g/mol. The first-order valence-corrected chi connectivity index (χ1v) is 15.2. The van der Waals surface area contributed by atoms with E-state index in [4.69, 9.17) is 18.9 Å². The van der Waals surface area contributed by atoms with Gasteiger partial charge in [0.15, 0.2) is 11.5 Å². The molecule has 0 saturated carbocycles. The number of benzene rings is 3. The Morgan fingerprint density at radius 1 is 0.976 bits per heavy atom. The van der Waals surface area contributed by atoms with Gasteiger partial charge in [-0.05, 0) is 61.1 Å². The Balaban J connectivity index is 0.00000129. The third-order valence-corrected chi connectivity index (χ3v) is 7.53. The van der Waals surface area contributed by atoms with Crippen molar-refractivity contribution in [2.24, 2.45) is 0 Å². The standard InChI is InChI=1S/C32H38N2O5.C3H8/c1-4-23-17-22(2)9-11-27(23)33-32(35)21-34-20-25(24-10-12-30-31(19-24)39-16-15-38-30)18-28(34)26-7-5-6-8-29(26)37-14-13-36-3;1-3-2/h5-12,17,19,25,28H,4,13-16,18,20-21H2,1-3H3,(H,33,35);3H2,1-2H3/t25?,28-;/m1./s1. The Morgan fingerprint density at radius 2 is 1.74 bits per heavy atom. The number of carbonyl (C=O) groups is 1. The fourth-order valence-electron chi connectivity index (χ4n) is 5.59. The summed E-state index contributed by atoms with van der Waals surface area (Å²) in [7, 11) is 1.67. The lowest BCUT2D eigenvalue weighted by Crippen LogP contribution is -2.33. The fourth-order valence-corrected chi connectivity index (χ4v) is 5.59.